The zero-order valence-electron chi connectivity index (χ0n) is 21.4. The summed E-state index contributed by atoms with van der Waals surface area (Å²) in [4.78, 5) is 18.6. The number of nitrogens with one attached hydrogen (secondary N) is 1. The number of carbonyl (C=O) groups is 1. The van der Waals surface area contributed by atoms with Crippen LogP contribution in [0, 0.1) is 11.8 Å². The fourth-order valence-electron chi connectivity index (χ4n) is 6.88. The first-order valence-corrected chi connectivity index (χ1v) is 13.2. The number of carbonyl (C=O) groups excluding carboxylic acids is 1. The summed E-state index contributed by atoms with van der Waals surface area (Å²) >= 11 is 0. The molecule has 4 aliphatic heterocycles. The molecule has 6 rings (SSSR count). The number of hydrogen-bond acceptors (Lipinski definition) is 11. The maximum absolute atomic E-state index is 12.8. The Morgan fingerprint density at radius 3 is 2.64 bits per heavy atom. The van der Waals surface area contributed by atoms with E-state index in [1.165, 1.54) is 18.9 Å². The summed E-state index contributed by atoms with van der Waals surface area (Å²) in [5.41, 5.74) is 3.64. The first kappa shape index (κ1) is 26.7. The molecular formula is C27H34N2O10. The van der Waals surface area contributed by atoms with E-state index >= 15 is 0 Å². The number of aliphatic hydroxyl groups is 5. The summed E-state index contributed by atoms with van der Waals surface area (Å²) < 4.78 is 22.5. The van der Waals surface area contributed by atoms with Gasteiger partial charge in [-0.25, -0.2) is 4.79 Å². The van der Waals surface area contributed by atoms with Crippen LogP contribution in [0.3, 0.4) is 0 Å². The SMILES string of the molecule is COC(=O)C1=CO[C@@H](O[C@@H]2O[C@H](CO)[C@@H](O)[C@H](O)[C@H]2O)C2C1C[C@@H]1c3[nH]c4ccccc4c3CCN1[C@H]2CO. The monoisotopic (exact) mass is 546 g/mol. The number of piperidine rings is 1. The minimum absolute atomic E-state index is 0.112. The zero-order chi connectivity index (χ0) is 27.4. The Kier molecular flexibility index (Phi) is 7.14. The Hall–Kier alpha value is -2.55. The van der Waals surface area contributed by atoms with Crippen molar-refractivity contribution in [3.8, 4) is 0 Å². The molecular weight excluding hydrogens is 512 g/mol. The molecule has 2 saturated heterocycles. The highest BCUT2D eigenvalue weighted by Crippen LogP contribution is 2.51. The number of aromatic nitrogens is 1. The highest BCUT2D eigenvalue weighted by atomic mass is 16.8. The van der Waals surface area contributed by atoms with Crippen LogP contribution in [0.1, 0.15) is 23.7 Å². The van der Waals surface area contributed by atoms with Gasteiger partial charge in [0.05, 0.1) is 38.2 Å². The van der Waals surface area contributed by atoms with Gasteiger partial charge in [-0.1, -0.05) is 18.2 Å². The molecule has 212 valence electrons. The first-order valence-electron chi connectivity index (χ1n) is 13.2. The number of methoxy groups -OCH3 is 1. The average Bonchev–Trinajstić information content (AvgIpc) is 3.35. The molecule has 2 fully saturated rings. The lowest BCUT2D eigenvalue weighted by Gasteiger charge is -2.54. The lowest BCUT2D eigenvalue weighted by atomic mass is 9.70. The summed E-state index contributed by atoms with van der Waals surface area (Å²) in [7, 11) is 1.30. The standard InChI is InChI=1S/C27H34N2O10/c1-36-25(35)15-11-37-26(39-27-24(34)23(33)22(32)19(10-31)38-27)20-14(15)8-17-21-13(6-7-29(17)18(20)9-30)12-4-2-3-5-16(12)28-21/h2-5,11,14,17-20,22-24,26-28,30-34H,6-10H2,1H3/t14?,17-,18+,19-,20?,22-,23+,24-,26+,27+/m1/s1. The Labute approximate surface area is 224 Å². The Bertz CT molecular complexity index is 1250. The number of rotatable bonds is 5. The first-order chi connectivity index (χ1) is 18.9. The fraction of sp³-hybridized carbons (Fsp3) is 0.593. The minimum atomic E-state index is -1.62. The molecule has 0 spiro atoms. The van der Waals surface area contributed by atoms with Crippen LogP contribution in [0.4, 0.5) is 0 Å². The fourth-order valence-corrected chi connectivity index (χ4v) is 6.88. The van der Waals surface area contributed by atoms with Crippen LogP contribution in [-0.2, 0) is 30.2 Å². The highest BCUT2D eigenvalue weighted by Gasteiger charge is 2.55. The van der Waals surface area contributed by atoms with Gasteiger partial charge in [-0.3, -0.25) is 4.90 Å². The lowest BCUT2D eigenvalue weighted by molar-refractivity contribution is -0.346. The zero-order valence-corrected chi connectivity index (χ0v) is 21.4. The van der Waals surface area contributed by atoms with Crippen molar-refractivity contribution in [2.75, 3.05) is 26.9 Å². The molecule has 39 heavy (non-hydrogen) atoms. The summed E-state index contributed by atoms with van der Waals surface area (Å²) in [5, 5.41) is 52.4. The van der Waals surface area contributed by atoms with Crippen molar-refractivity contribution in [2.24, 2.45) is 11.8 Å². The van der Waals surface area contributed by atoms with E-state index in [1.54, 1.807) is 0 Å². The van der Waals surface area contributed by atoms with Gasteiger partial charge in [-0.2, -0.15) is 0 Å². The normalized spacial score (nSPS) is 38.3. The topological polar surface area (TPSA) is 174 Å². The van der Waals surface area contributed by atoms with Crippen molar-refractivity contribution in [2.45, 2.75) is 61.9 Å². The van der Waals surface area contributed by atoms with Gasteiger partial charge in [-0.05, 0) is 24.5 Å². The number of aromatic amines is 1. The van der Waals surface area contributed by atoms with E-state index in [9.17, 15) is 30.3 Å². The predicted octanol–water partition coefficient (Wildman–Crippen LogP) is -0.706. The van der Waals surface area contributed by atoms with Gasteiger partial charge in [0.15, 0.2) is 6.29 Å². The highest BCUT2D eigenvalue weighted by molar-refractivity contribution is 5.89. The second-order valence-corrected chi connectivity index (χ2v) is 10.6. The molecule has 1 aromatic heterocycles. The molecule has 0 amide bonds. The molecule has 0 aliphatic carbocycles. The van der Waals surface area contributed by atoms with Crippen LogP contribution in [0.15, 0.2) is 36.1 Å². The van der Waals surface area contributed by atoms with Crippen molar-refractivity contribution in [1.29, 1.82) is 0 Å². The van der Waals surface area contributed by atoms with E-state index in [1.807, 2.05) is 18.2 Å². The van der Waals surface area contributed by atoms with E-state index in [0.29, 0.717) is 18.5 Å². The predicted molar refractivity (Wildman–Crippen MR) is 134 cm³/mol. The van der Waals surface area contributed by atoms with Gasteiger partial charge in [0.2, 0.25) is 6.29 Å². The molecule has 1 aromatic carbocycles. The number of para-hydroxylation sites is 1. The summed E-state index contributed by atoms with van der Waals surface area (Å²) in [6.45, 7) is -0.187. The summed E-state index contributed by atoms with van der Waals surface area (Å²) in [6.07, 6.45) is -5.86. The molecule has 0 saturated carbocycles. The minimum Gasteiger partial charge on any atom is -0.471 e. The van der Waals surface area contributed by atoms with Crippen molar-refractivity contribution in [1.82, 2.24) is 9.88 Å². The third-order valence-corrected chi connectivity index (χ3v) is 8.78. The molecule has 2 aromatic rings. The van der Waals surface area contributed by atoms with Crippen LogP contribution >= 0.6 is 0 Å². The molecule has 5 heterocycles. The number of ether oxygens (including phenoxy) is 4. The average molecular weight is 547 g/mol. The van der Waals surface area contributed by atoms with Crippen molar-refractivity contribution in [3.05, 3.63) is 47.4 Å². The largest absolute Gasteiger partial charge is 0.471 e. The third-order valence-electron chi connectivity index (χ3n) is 8.78. The molecule has 6 N–H and O–H groups in total. The number of aliphatic hydroxyl groups excluding tert-OH is 5. The number of esters is 1. The number of H-pyrrole nitrogens is 1. The Morgan fingerprint density at radius 2 is 1.90 bits per heavy atom. The van der Waals surface area contributed by atoms with Crippen LogP contribution < -0.4 is 0 Å². The number of fused-ring (bicyclic) bond motifs is 6. The van der Waals surface area contributed by atoms with Gasteiger partial charge in [0, 0.05) is 41.0 Å². The van der Waals surface area contributed by atoms with E-state index in [4.69, 9.17) is 18.9 Å². The number of nitrogens with zero attached hydrogens (tertiary/aromatic N) is 1. The summed E-state index contributed by atoms with van der Waals surface area (Å²) in [5.74, 6) is -1.55. The van der Waals surface area contributed by atoms with Crippen LogP contribution in [0.25, 0.3) is 10.9 Å². The number of hydrogen-bond donors (Lipinski definition) is 6. The van der Waals surface area contributed by atoms with E-state index in [0.717, 1.165) is 23.0 Å². The van der Waals surface area contributed by atoms with Crippen molar-refractivity contribution < 1.29 is 49.3 Å². The van der Waals surface area contributed by atoms with Crippen LogP contribution in [0.2, 0.25) is 0 Å². The molecule has 2 unspecified atom stereocenters. The maximum atomic E-state index is 12.8. The smallest absolute Gasteiger partial charge is 0.337 e. The molecule has 4 aliphatic rings. The van der Waals surface area contributed by atoms with Gasteiger partial charge < -0.3 is 49.5 Å². The second-order valence-electron chi connectivity index (χ2n) is 10.6. The van der Waals surface area contributed by atoms with Gasteiger partial charge >= 0.3 is 5.97 Å². The Morgan fingerprint density at radius 1 is 1.10 bits per heavy atom. The van der Waals surface area contributed by atoms with Crippen molar-refractivity contribution in [3.63, 3.8) is 0 Å². The molecule has 12 nitrogen and oxygen atoms in total. The van der Waals surface area contributed by atoms with Crippen LogP contribution in [-0.4, -0.2) is 111 Å². The van der Waals surface area contributed by atoms with Gasteiger partial charge in [-0.15, -0.1) is 0 Å². The Balaban J connectivity index is 1.35. The lowest BCUT2D eigenvalue weighted by Crippen LogP contribution is -2.63. The molecule has 0 radical (unpaired) electrons. The molecule has 12 heteroatoms. The van der Waals surface area contributed by atoms with E-state index in [2.05, 4.69) is 16.0 Å². The third kappa shape index (κ3) is 4.26. The van der Waals surface area contributed by atoms with Crippen LogP contribution in [0.5, 0.6) is 0 Å². The number of benzene rings is 1. The maximum Gasteiger partial charge on any atom is 0.337 e. The van der Waals surface area contributed by atoms with Gasteiger partial charge in [0.25, 0.3) is 0 Å². The van der Waals surface area contributed by atoms with E-state index < -0.39 is 67.4 Å². The van der Waals surface area contributed by atoms with E-state index in [-0.39, 0.29) is 12.6 Å². The second kappa shape index (κ2) is 10.5. The summed E-state index contributed by atoms with van der Waals surface area (Å²) in [6, 6.07) is 7.51. The molecule has 0 bridgehead atoms. The van der Waals surface area contributed by atoms with Gasteiger partial charge in [0.1, 0.15) is 24.4 Å². The molecule has 10 atom stereocenters. The van der Waals surface area contributed by atoms with Crippen molar-refractivity contribution >= 4 is 16.9 Å². The quantitative estimate of drug-likeness (QED) is 0.262.